The summed E-state index contributed by atoms with van der Waals surface area (Å²) in [6.45, 7) is 2.26. The van der Waals surface area contributed by atoms with Gasteiger partial charge in [-0.3, -0.25) is 4.79 Å². The van der Waals surface area contributed by atoms with Crippen LogP contribution in [0.1, 0.15) is 11.1 Å². The second-order valence-corrected chi connectivity index (χ2v) is 7.42. The summed E-state index contributed by atoms with van der Waals surface area (Å²) in [6, 6.07) is 14.1. The van der Waals surface area contributed by atoms with Crippen LogP contribution in [0.3, 0.4) is 0 Å². The summed E-state index contributed by atoms with van der Waals surface area (Å²) in [4.78, 5) is 26.3. The second kappa shape index (κ2) is 10.2. The van der Waals surface area contributed by atoms with Crippen molar-refractivity contribution in [3.05, 3.63) is 64.7 Å². The highest BCUT2D eigenvalue weighted by molar-refractivity contribution is 6.30. The summed E-state index contributed by atoms with van der Waals surface area (Å²) >= 11 is 5.85. The summed E-state index contributed by atoms with van der Waals surface area (Å²) < 4.78 is 0. The van der Waals surface area contributed by atoms with Crippen molar-refractivity contribution in [2.45, 2.75) is 19.0 Å². The van der Waals surface area contributed by atoms with Crippen molar-refractivity contribution in [3.8, 4) is 0 Å². The highest BCUT2D eigenvalue weighted by atomic mass is 35.5. The number of aliphatic hydroxyl groups is 1. The van der Waals surface area contributed by atoms with E-state index >= 15 is 0 Å². The van der Waals surface area contributed by atoms with E-state index in [0.717, 1.165) is 11.1 Å². The van der Waals surface area contributed by atoms with Crippen LogP contribution >= 0.6 is 11.6 Å². The summed E-state index contributed by atoms with van der Waals surface area (Å²) in [5.74, 6) is 0.0337. The van der Waals surface area contributed by atoms with Gasteiger partial charge in [-0.25, -0.2) is 4.79 Å². The highest BCUT2D eigenvalue weighted by Gasteiger charge is 2.22. The maximum atomic E-state index is 12.5. The van der Waals surface area contributed by atoms with Gasteiger partial charge in [0.05, 0.1) is 13.0 Å². The van der Waals surface area contributed by atoms with Crippen molar-refractivity contribution in [2.24, 2.45) is 0 Å². The average molecular weight is 417 g/mol. The molecule has 2 aromatic carbocycles. The van der Waals surface area contributed by atoms with E-state index in [4.69, 9.17) is 11.6 Å². The van der Waals surface area contributed by atoms with Gasteiger partial charge in [-0.05, 0) is 35.4 Å². The molecule has 2 aromatic rings. The molecule has 1 saturated heterocycles. The van der Waals surface area contributed by atoms with Crippen molar-refractivity contribution in [3.63, 3.8) is 0 Å². The topological polar surface area (TPSA) is 93.7 Å². The van der Waals surface area contributed by atoms with E-state index in [9.17, 15) is 14.7 Å². The summed E-state index contributed by atoms with van der Waals surface area (Å²) in [6.07, 6.45) is 0.293. The molecule has 1 aliphatic rings. The smallest absolute Gasteiger partial charge is 0.319 e. The largest absolute Gasteiger partial charge is 0.395 e. The molecular weight excluding hydrogens is 392 g/mol. The van der Waals surface area contributed by atoms with Crippen LogP contribution in [0.15, 0.2) is 48.5 Å². The fourth-order valence-corrected chi connectivity index (χ4v) is 3.25. The molecule has 8 heteroatoms. The quantitative estimate of drug-likeness (QED) is 0.579. The number of urea groups is 1. The van der Waals surface area contributed by atoms with E-state index in [2.05, 4.69) is 16.0 Å². The number of piperazine rings is 1. The van der Waals surface area contributed by atoms with Crippen LogP contribution in [-0.2, 0) is 17.8 Å². The third-order valence-electron chi connectivity index (χ3n) is 4.76. The first-order valence-corrected chi connectivity index (χ1v) is 9.91. The maximum Gasteiger partial charge on any atom is 0.319 e. The molecule has 0 radical (unpaired) electrons. The molecule has 0 unspecified atom stereocenters. The maximum absolute atomic E-state index is 12.5. The van der Waals surface area contributed by atoms with Gasteiger partial charge < -0.3 is 26.0 Å². The molecule has 0 aromatic heterocycles. The zero-order valence-corrected chi connectivity index (χ0v) is 16.8. The molecule has 0 saturated carbocycles. The number of carbonyl (C=O) groups excluding carboxylic acids is 2. The number of hydrogen-bond donors (Lipinski definition) is 4. The molecule has 154 valence electrons. The predicted molar refractivity (Wildman–Crippen MR) is 113 cm³/mol. The lowest BCUT2D eigenvalue weighted by Gasteiger charge is -2.32. The number of nitrogens with one attached hydrogen (secondary N) is 3. The Morgan fingerprint density at radius 1 is 1.10 bits per heavy atom. The van der Waals surface area contributed by atoms with Gasteiger partial charge >= 0.3 is 6.03 Å². The van der Waals surface area contributed by atoms with E-state index < -0.39 is 0 Å². The lowest BCUT2D eigenvalue weighted by atomic mass is 10.1. The minimum absolute atomic E-state index is 0.0181. The number of halogens is 1. The number of rotatable bonds is 6. The van der Waals surface area contributed by atoms with Gasteiger partial charge in [0.25, 0.3) is 0 Å². The Hall–Kier alpha value is -2.61. The number of hydrogen-bond acceptors (Lipinski definition) is 4. The van der Waals surface area contributed by atoms with Crippen LogP contribution in [0, 0.1) is 0 Å². The molecule has 0 bridgehead atoms. The second-order valence-electron chi connectivity index (χ2n) is 6.98. The lowest BCUT2D eigenvalue weighted by molar-refractivity contribution is -0.131. The molecule has 1 aliphatic heterocycles. The fraction of sp³-hybridized carbons (Fsp3) is 0.333. The van der Waals surface area contributed by atoms with E-state index in [1.807, 2.05) is 24.3 Å². The molecule has 0 spiro atoms. The zero-order chi connectivity index (χ0) is 20.6. The number of carbonyl (C=O) groups is 2. The average Bonchev–Trinajstić information content (AvgIpc) is 2.74. The molecule has 7 nitrogen and oxygen atoms in total. The van der Waals surface area contributed by atoms with Crippen LogP contribution in [0.5, 0.6) is 0 Å². The molecule has 3 amide bonds. The van der Waals surface area contributed by atoms with Crippen LogP contribution in [0.4, 0.5) is 10.5 Å². The van der Waals surface area contributed by atoms with Crippen molar-refractivity contribution < 1.29 is 14.7 Å². The van der Waals surface area contributed by atoms with Crippen molar-refractivity contribution in [1.82, 2.24) is 15.5 Å². The van der Waals surface area contributed by atoms with Gasteiger partial charge in [0.2, 0.25) is 5.91 Å². The van der Waals surface area contributed by atoms with Gasteiger partial charge in [-0.15, -0.1) is 0 Å². The summed E-state index contributed by atoms with van der Waals surface area (Å²) in [5.41, 5.74) is 2.48. The standard InChI is InChI=1S/C21H25ClN4O3/c22-17-5-1-16(2-6-17)12-24-21(29)25-18-7-3-15(4-8-18)11-20(28)26-10-9-23-19(13-26)14-27/h1-8,19,23,27H,9-14H2,(H2,24,25,29)/t19-/m1/s1. The molecular formula is C21H25ClN4O3. The first-order valence-electron chi connectivity index (χ1n) is 9.54. The summed E-state index contributed by atoms with van der Waals surface area (Å²) in [5, 5.41) is 18.6. The normalized spacial score (nSPS) is 16.3. The van der Waals surface area contributed by atoms with Gasteiger partial charge in [0, 0.05) is 42.9 Å². The third kappa shape index (κ3) is 6.45. The zero-order valence-electron chi connectivity index (χ0n) is 16.0. The van der Waals surface area contributed by atoms with E-state index in [1.165, 1.54) is 0 Å². The SMILES string of the molecule is O=C(NCc1ccc(Cl)cc1)Nc1ccc(CC(=O)N2CCN[C@@H](CO)C2)cc1. The van der Waals surface area contributed by atoms with E-state index in [-0.39, 0.29) is 24.6 Å². The van der Waals surface area contributed by atoms with Gasteiger partial charge in [-0.2, -0.15) is 0 Å². The van der Waals surface area contributed by atoms with Crippen LogP contribution < -0.4 is 16.0 Å². The van der Waals surface area contributed by atoms with Gasteiger partial charge in [0.1, 0.15) is 0 Å². The number of benzene rings is 2. The van der Waals surface area contributed by atoms with Crippen molar-refractivity contribution >= 4 is 29.2 Å². The van der Waals surface area contributed by atoms with Gasteiger partial charge in [0.15, 0.2) is 0 Å². The van der Waals surface area contributed by atoms with Crippen LogP contribution in [-0.4, -0.2) is 54.2 Å². The molecule has 1 fully saturated rings. The molecule has 1 atom stereocenters. The Morgan fingerprint density at radius 3 is 2.48 bits per heavy atom. The number of anilines is 1. The van der Waals surface area contributed by atoms with E-state index in [1.54, 1.807) is 29.2 Å². The van der Waals surface area contributed by atoms with Crippen molar-refractivity contribution in [2.75, 3.05) is 31.6 Å². The Labute approximate surface area is 175 Å². The first kappa shape index (κ1) is 21.1. The first-order chi connectivity index (χ1) is 14.0. The monoisotopic (exact) mass is 416 g/mol. The Morgan fingerprint density at radius 2 is 1.79 bits per heavy atom. The third-order valence-corrected chi connectivity index (χ3v) is 5.01. The molecule has 3 rings (SSSR count). The van der Waals surface area contributed by atoms with Crippen molar-refractivity contribution in [1.29, 1.82) is 0 Å². The Bertz CT molecular complexity index is 827. The highest BCUT2D eigenvalue weighted by Crippen LogP contribution is 2.12. The number of aliphatic hydroxyl groups excluding tert-OH is 1. The van der Waals surface area contributed by atoms with Crippen LogP contribution in [0.2, 0.25) is 5.02 Å². The van der Waals surface area contributed by atoms with Crippen LogP contribution in [0.25, 0.3) is 0 Å². The van der Waals surface area contributed by atoms with Gasteiger partial charge in [-0.1, -0.05) is 35.9 Å². The molecule has 29 heavy (non-hydrogen) atoms. The number of amides is 3. The lowest BCUT2D eigenvalue weighted by Crippen LogP contribution is -2.54. The predicted octanol–water partition coefficient (Wildman–Crippen LogP) is 2.00. The Kier molecular flexibility index (Phi) is 7.46. The minimum atomic E-state index is -0.306. The number of nitrogens with zero attached hydrogens (tertiary/aromatic N) is 1. The Balaban J connectivity index is 1.46. The fourth-order valence-electron chi connectivity index (χ4n) is 3.13. The minimum Gasteiger partial charge on any atom is -0.395 e. The summed E-state index contributed by atoms with van der Waals surface area (Å²) in [7, 11) is 0. The molecule has 1 heterocycles. The molecule has 4 N–H and O–H groups in total. The molecule has 0 aliphatic carbocycles. The van der Waals surface area contributed by atoms with E-state index in [0.29, 0.717) is 43.3 Å².